The van der Waals surface area contributed by atoms with Crippen LogP contribution in [-0.2, 0) is 4.79 Å². The van der Waals surface area contributed by atoms with E-state index < -0.39 is 5.82 Å². The average molecular weight is 494 g/mol. The zero-order chi connectivity index (χ0) is 25.6. The van der Waals surface area contributed by atoms with E-state index in [-0.39, 0.29) is 29.5 Å². The number of carbonyl (C=O) groups is 2. The first-order valence-corrected chi connectivity index (χ1v) is 12.6. The number of H-pyrrole nitrogens is 1. The average Bonchev–Trinajstić information content (AvgIpc) is 3.52. The van der Waals surface area contributed by atoms with Crippen molar-refractivity contribution in [2.24, 2.45) is 5.92 Å². The first-order chi connectivity index (χ1) is 17.3. The highest BCUT2D eigenvalue weighted by atomic mass is 19.1. The summed E-state index contributed by atoms with van der Waals surface area (Å²) in [4.78, 5) is 39.4. The molecule has 9 heteroatoms. The van der Waals surface area contributed by atoms with Gasteiger partial charge in [-0.15, -0.1) is 0 Å². The summed E-state index contributed by atoms with van der Waals surface area (Å²) in [6, 6.07) is 3.40. The van der Waals surface area contributed by atoms with Gasteiger partial charge in [0.2, 0.25) is 5.91 Å². The fraction of sp³-hybridized carbons (Fsp3) is 0.481. The van der Waals surface area contributed by atoms with Gasteiger partial charge in [-0.3, -0.25) is 9.59 Å². The lowest BCUT2D eigenvalue weighted by molar-refractivity contribution is -0.131. The first kappa shape index (κ1) is 24.2. The third-order valence-corrected chi connectivity index (χ3v) is 7.24. The topological polar surface area (TPSA) is 100 Å². The van der Waals surface area contributed by atoms with Gasteiger partial charge in [0.1, 0.15) is 29.1 Å². The van der Waals surface area contributed by atoms with Crippen LogP contribution in [0.5, 0.6) is 5.75 Å². The normalized spacial score (nSPS) is 19.6. The van der Waals surface area contributed by atoms with Gasteiger partial charge in [0.05, 0.1) is 23.3 Å². The van der Waals surface area contributed by atoms with Crippen LogP contribution in [0.25, 0.3) is 22.3 Å². The lowest BCUT2D eigenvalue weighted by Crippen LogP contribution is -2.39. The van der Waals surface area contributed by atoms with Gasteiger partial charge in [-0.1, -0.05) is 13.0 Å². The molecule has 2 atom stereocenters. The van der Waals surface area contributed by atoms with Gasteiger partial charge in [0, 0.05) is 30.7 Å². The predicted molar refractivity (Wildman–Crippen MR) is 134 cm³/mol. The molecule has 1 saturated heterocycles. The highest BCUT2D eigenvalue weighted by Gasteiger charge is 2.34. The number of aromatic amines is 1. The summed E-state index contributed by atoms with van der Waals surface area (Å²) in [6.07, 6.45) is 4.73. The van der Waals surface area contributed by atoms with E-state index in [1.54, 1.807) is 26.0 Å². The molecule has 2 N–H and O–H groups in total. The maximum atomic E-state index is 15.5. The number of hydrogen-bond donors (Lipinski definition) is 2. The van der Waals surface area contributed by atoms with Crippen LogP contribution < -0.4 is 10.1 Å². The Bertz CT molecular complexity index is 1330. The Hall–Kier alpha value is -3.49. The fourth-order valence-electron chi connectivity index (χ4n) is 5.03. The standard InChI is InChI=1S/C27H32FN5O3/c1-5-20(34)33-11-18(10-15(33)3)32-27(35)21-16(4)31-26-24(21)29-13-30-25(26)22-19(36-12-17-7-8-17)9-6-14(2)23(22)28/h6,9,13,15,17-18,31H,5,7-8,10-12H2,1-4H3,(H,32,35)/t15-,18-/m0/s1. The number of likely N-dealkylation sites (tertiary alicyclic amines) is 1. The van der Waals surface area contributed by atoms with Crippen molar-refractivity contribution < 1.29 is 18.7 Å². The van der Waals surface area contributed by atoms with Gasteiger partial charge in [-0.2, -0.15) is 0 Å². The van der Waals surface area contributed by atoms with Crippen LogP contribution in [0.4, 0.5) is 4.39 Å². The number of hydrogen-bond acceptors (Lipinski definition) is 5. The molecule has 2 aliphatic rings. The number of benzene rings is 1. The minimum absolute atomic E-state index is 0.0686. The van der Waals surface area contributed by atoms with Crippen molar-refractivity contribution in [3.05, 3.63) is 41.1 Å². The second-order valence-electron chi connectivity index (χ2n) is 10.0. The molecule has 190 valence electrons. The highest BCUT2D eigenvalue weighted by Crippen LogP contribution is 2.39. The van der Waals surface area contributed by atoms with E-state index in [9.17, 15) is 9.59 Å². The first-order valence-electron chi connectivity index (χ1n) is 12.6. The molecule has 1 aliphatic heterocycles. The minimum Gasteiger partial charge on any atom is -0.492 e. The van der Waals surface area contributed by atoms with Crippen LogP contribution in [0.3, 0.4) is 0 Å². The molecule has 0 spiro atoms. The number of rotatable bonds is 7. The van der Waals surface area contributed by atoms with Crippen molar-refractivity contribution in [2.45, 2.75) is 65.5 Å². The molecule has 1 aromatic carbocycles. The summed E-state index contributed by atoms with van der Waals surface area (Å²) in [5, 5.41) is 3.07. The van der Waals surface area contributed by atoms with E-state index in [0.29, 0.717) is 71.2 Å². The molecule has 3 heterocycles. The van der Waals surface area contributed by atoms with Crippen molar-refractivity contribution in [2.75, 3.05) is 13.2 Å². The molecule has 2 aromatic heterocycles. The molecule has 0 bridgehead atoms. The van der Waals surface area contributed by atoms with Crippen molar-refractivity contribution in [3.63, 3.8) is 0 Å². The third kappa shape index (κ3) is 4.42. The van der Waals surface area contributed by atoms with Crippen molar-refractivity contribution in [3.8, 4) is 17.0 Å². The Kier molecular flexibility index (Phi) is 6.40. The molecule has 1 saturated carbocycles. The Morgan fingerprint density at radius 2 is 2.03 bits per heavy atom. The van der Waals surface area contributed by atoms with Gasteiger partial charge in [-0.25, -0.2) is 14.4 Å². The zero-order valence-corrected chi connectivity index (χ0v) is 21.2. The number of carbonyl (C=O) groups excluding carboxylic acids is 2. The van der Waals surface area contributed by atoms with Crippen LogP contribution >= 0.6 is 0 Å². The maximum absolute atomic E-state index is 15.5. The van der Waals surface area contributed by atoms with E-state index in [1.807, 2.05) is 18.7 Å². The monoisotopic (exact) mass is 493 g/mol. The summed E-state index contributed by atoms with van der Waals surface area (Å²) in [7, 11) is 0. The lowest BCUT2D eigenvalue weighted by atomic mass is 10.0. The number of halogens is 1. The van der Waals surface area contributed by atoms with E-state index in [4.69, 9.17) is 4.74 Å². The number of aryl methyl sites for hydroxylation is 2. The molecule has 3 aromatic rings. The summed E-state index contributed by atoms with van der Waals surface area (Å²) in [5.74, 6) is 0.352. The minimum atomic E-state index is -0.401. The highest BCUT2D eigenvalue weighted by molar-refractivity contribution is 6.09. The van der Waals surface area contributed by atoms with Crippen molar-refractivity contribution in [1.82, 2.24) is 25.2 Å². The number of aromatic nitrogens is 3. The molecule has 1 aliphatic carbocycles. The van der Waals surface area contributed by atoms with E-state index in [0.717, 1.165) is 12.8 Å². The maximum Gasteiger partial charge on any atom is 0.255 e. The van der Waals surface area contributed by atoms with Crippen LogP contribution in [0, 0.1) is 25.6 Å². The van der Waals surface area contributed by atoms with Crippen molar-refractivity contribution >= 4 is 22.8 Å². The largest absolute Gasteiger partial charge is 0.492 e. The number of nitrogens with one attached hydrogen (secondary N) is 2. The number of ether oxygens (including phenoxy) is 1. The van der Waals surface area contributed by atoms with Gasteiger partial charge < -0.3 is 19.9 Å². The Balaban J connectivity index is 1.48. The predicted octanol–water partition coefficient (Wildman–Crippen LogP) is 4.30. The second kappa shape index (κ2) is 9.52. The quantitative estimate of drug-likeness (QED) is 0.511. The SMILES string of the molecule is CCC(=O)N1C[C@@H](NC(=O)c2c(C)[nH]c3c(-c4c(OCC5CC5)ccc(C)c4F)ncnc23)C[C@@H]1C. The number of amides is 2. The Morgan fingerprint density at radius 1 is 1.25 bits per heavy atom. The van der Waals surface area contributed by atoms with Crippen LogP contribution in [0.2, 0.25) is 0 Å². The van der Waals surface area contributed by atoms with E-state index >= 15 is 4.39 Å². The summed E-state index contributed by atoms with van der Waals surface area (Å²) >= 11 is 0. The molecule has 5 rings (SSSR count). The van der Waals surface area contributed by atoms with E-state index in [1.165, 1.54) is 6.33 Å². The van der Waals surface area contributed by atoms with Gasteiger partial charge in [0.25, 0.3) is 5.91 Å². The van der Waals surface area contributed by atoms with Crippen LogP contribution in [-0.4, -0.2) is 56.9 Å². The van der Waals surface area contributed by atoms with Crippen LogP contribution in [0.1, 0.15) is 61.1 Å². The molecule has 2 amide bonds. The molecule has 8 nitrogen and oxygen atoms in total. The fourth-order valence-corrected chi connectivity index (χ4v) is 5.03. The molecular weight excluding hydrogens is 461 g/mol. The number of fused-ring (bicyclic) bond motifs is 1. The lowest BCUT2D eigenvalue weighted by Gasteiger charge is -2.20. The Labute approximate surface area is 209 Å². The van der Waals surface area contributed by atoms with Gasteiger partial charge >= 0.3 is 0 Å². The molecular formula is C27H32FN5O3. The Morgan fingerprint density at radius 3 is 2.75 bits per heavy atom. The van der Waals surface area contributed by atoms with Crippen molar-refractivity contribution in [1.29, 1.82) is 0 Å². The van der Waals surface area contributed by atoms with Crippen LogP contribution in [0.15, 0.2) is 18.5 Å². The van der Waals surface area contributed by atoms with E-state index in [2.05, 4.69) is 20.3 Å². The summed E-state index contributed by atoms with van der Waals surface area (Å²) in [5.41, 5.74) is 3.05. The van der Waals surface area contributed by atoms with Gasteiger partial charge in [0.15, 0.2) is 0 Å². The molecule has 0 radical (unpaired) electrons. The zero-order valence-electron chi connectivity index (χ0n) is 21.2. The summed E-state index contributed by atoms with van der Waals surface area (Å²) < 4.78 is 21.5. The number of nitrogens with zero attached hydrogens (tertiary/aromatic N) is 3. The third-order valence-electron chi connectivity index (χ3n) is 7.24. The second-order valence-corrected chi connectivity index (χ2v) is 10.0. The smallest absolute Gasteiger partial charge is 0.255 e. The molecule has 36 heavy (non-hydrogen) atoms. The summed E-state index contributed by atoms with van der Waals surface area (Å²) in [6.45, 7) is 8.36. The van der Waals surface area contributed by atoms with Gasteiger partial charge in [-0.05, 0) is 57.6 Å². The molecule has 2 fully saturated rings. The molecule has 0 unspecified atom stereocenters.